The van der Waals surface area contributed by atoms with E-state index in [1.54, 1.807) is 23.0 Å². The number of hydrogen-bond donors (Lipinski definition) is 1. The van der Waals surface area contributed by atoms with Gasteiger partial charge in [-0.1, -0.05) is 40.9 Å². The van der Waals surface area contributed by atoms with Gasteiger partial charge in [-0.15, -0.1) is 0 Å². The molecule has 0 radical (unpaired) electrons. The number of anilines is 1. The Hall–Kier alpha value is -2.62. The van der Waals surface area contributed by atoms with Crippen LogP contribution in [-0.4, -0.2) is 30.4 Å². The number of aryl methyl sites for hydroxylation is 1. The van der Waals surface area contributed by atoms with E-state index in [4.69, 9.17) is 34.8 Å². The predicted octanol–water partition coefficient (Wildman–Crippen LogP) is 4.03. The van der Waals surface area contributed by atoms with E-state index >= 15 is 0 Å². The summed E-state index contributed by atoms with van der Waals surface area (Å²) in [6.07, 6.45) is 3.07. The van der Waals surface area contributed by atoms with Crippen LogP contribution in [0, 0.1) is 10.1 Å². The number of carbonyl (C=O) groups is 1. The largest absolute Gasteiger partial charge is 0.389 e. The number of carbonyl (C=O) groups excluding carboxylic acids is 1. The predicted molar refractivity (Wildman–Crippen MR) is 105 cm³/mol. The van der Waals surface area contributed by atoms with Gasteiger partial charge in [0.2, 0.25) is 5.91 Å². The van der Waals surface area contributed by atoms with Crippen molar-refractivity contribution in [3.63, 3.8) is 0 Å². The number of rotatable bonds is 7. The minimum absolute atomic E-state index is 0.0504. The fraction of sp³-hybridized carbons (Fsp3) is 0.188. The molecule has 1 aromatic carbocycles. The summed E-state index contributed by atoms with van der Waals surface area (Å²) in [7, 11) is 0. The zero-order valence-electron chi connectivity index (χ0n) is 14.2. The molecule has 0 aliphatic heterocycles. The lowest BCUT2D eigenvalue weighted by Gasteiger charge is -2.04. The van der Waals surface area contributed by atoms with Crippen molar-refractivity contribution >= 4 is 52.3 Å². The number of hydrogen-bond acceptors (Lipinski definition) is 5. The van der Waals surface area contributed by atoms with E-state index in [0.717, 1.165) is 5.56 Å². The second-order valence-electron chi connectivity index (χ2n) is 5.76. The van der Waals surface area contributed by atoms with Crippen LogP contribution in [0.3, 0.4) is 0 Å². The molecule has 0 spiro atoms. The SMILES string of the molecule is O=C(CCn1ccc([N+](=O)[O-])n1)Nc1nn(Cc2ccc(Cl)c(Cl)c2)cc1Cl. The van der Waals surface area contributed by atoms with E-state index in [2.05, 4.69) is 15.5 Å². The molecule has 0 aliphatic carbocycles. The van der Waals surface area contributed by atoms with E-state index in [0.29, 0.717) is 16.6 Å². The highest BCUT2D eigenvalue weighted by molar-refractivity contribution is 6.42. The number of nitrogens with zero attached hydrogens (tertiary/aromatic N) is 5. The maximum absolute atomic E-state index is 12.1. The molecule has 0 fully saturated rings. The number of amides is 1. The molecule has 1 N–H and O–H groups in total. The molecule has 2 heterocycles. The summed E-state index contributed by atoms with van der Waals surface area (Å²) in [6.45, 7) is 0.574. The monoisotopic (exact) mass is 442 g/mol. The lowest BCUT2D eigenvalue weighted by atomic mass is 10.2. The van der Waals surface area contributed by atoms with E-state index in [1.807, 2.05) is 6.07 Å². The Bertz CT molecular complexity index is 1030. The molecule has 3 rings (SSSR count). The summed E-state index contributed by atoms with van der Waals surface area (Å²) in [4.78, 5) is 22.1. The van der Waals surface area contributed by atoms with Crippen LogP contribution in [0.25, 0.3) is 0 Å². The molecule has 2 aromatic heterocycles. The van der Waals surface area contributed by atoms with Gasteiger partial charge in [-0.25, -0.2) is 0 Å². The summed E-state index contributed by atoms with van der Waals surface area (Å²) in [5.74, 6) is -0.400. The van der Waals surface area contributed by atoms with Gasteiger partial charge in [0, 0.05) is 12.6 Å². The first-order valence-corrected chi connectivity index (χ1v) is 9.10. The third kappa shape index (κ3) is 5.00. The van der Waals surface area contributed by atoms with Crippen molar-refractivity contribution in [2.24, 2.45) is 0 Å². The highest BCUT2D eigenvalue weighted by atomic mass is 35.5. The summed E-state index contributed by atoms with van der Waals surface area (Å²) in [5, 5.41) is 22.4. The van der Waals surface area contributed by atoms with Crippen molar-refractivity contribution < 1.29 is 9.72 Å². The van der Waals surface area contributed by atoms with Gasteiger partial charge in [0.05, 0.1) is 40.5 Å². The highest BCUT2D eigenvalue weighted by Gasteiger charge is 2.14. The van der Waals surface area contributed by atoms with Crippen LogP contribution in [0.1, 0.15) is 12.0 Å². The van der Waals surface area contributed by atoms with Gasteiger partial charge in [0.25, 0.3) is 0 Å². The quantitative estimate of drug-likeness (QED) is 0.438. The van der Waals surface area contributed by atoms with Crippen molar-refractivity contribution in [2.75, 3.05) is 5.32 Å². The zero-order valence-corrected chi connectivity index (χ0v) is 16.4. The Balaban J connectivity index is 1.58. The summed E-state index contributed by atoms with van der Waals surface area (Å²) < 4.78 is 2.89. The summed E-state index contributed by atoms with van der Waals surface area (Å²) >= 11 is 18.0. The highest BCUT2D eigenvalue weighted by Crippen LogP contribution is 2.24. The van der Waals surface area contributed by atoms with E-state index in [-0.39, 0.29) is 35.5 Å². The Morgan fingerprint density at radius 3 is 2.57 bits per heavy atom. The van der Waals surface area contributed by atoms with Gasteiger partial charge in [0.15, 0.2) is 5.82 Å². The van der Waals surface area contributed by atoms with E-state index in [1.165, 1.54) is 16.9 Å². The van der Waals surface area contributed by atoms with E-state index < -0.39 is 4.92 Å². The molecular weight excluding hydrogens is 431 g/mol. The average Bonchev–Trinajstić information content (AvgIpc) is 3.24. The Morgan fingerprint density at radius 1 is 1.11 bits per heavy atom. The Morgan fingerprint density at radius 2 is 1.89 bits per heavy atom. The van der Waals surface area contributed by atoms with Crippen LogP contribution in [0.5, 0.6) is 0 Å². The third-order valence-corrected chi connectivity index (χ3v) is 4.70. The fourth-order valence-corrected chi connectivity index (χ4v) is 2.89. The molecule has 9 nitrogen and oxygen atoms in total. The maximum Gasteiger partial charge on any atom is 0.389 e. The molecule has 0 saturated carbocycles. The van der Waals surface area contributed by atoms with Gasteiger partial charge < -0.3 is 15.4 Å². The number of benzene rings is 1. The topological polar surface area (TPSA) is 108 Å². The lowest BCUT2D eigenvalue weighted by molar-refractivity contribution is -0.389. The normalized spacial score (nSPS) is 10.8. The van der Waals surface area contributed by atoms with Crippen molar-refractivity contribution in [3.05, 3.63) is 67.4 Å². The fourth-order valence-electron chi connectivity index (χ4n) is 2.37. The summed E-state index contributed by atoms with van der Waals surface area (Å²) in [5.41, 5.74) is 0.867. The molecule has 0 unspecified atom stereocenters. The first-order valence-electron chi connectivity index (χ1n) is 7.96. The van der Waals surface area contributed by atoms with Crippen LogP contribution < -0.4 is 5.32 Å². The molecule has 12 heteroatoms. The minimum Gasteiger partial charge on any atom is -0.358 e. The molecule has 0 aliphatic rings. The van der Waals surface area contributed by atoms with Gasteiger partial charge >= 0.3 is 5.82 Å². The molecule has 28 heavy (non-hydrogen) atoms. The van der Waals surface area contributed by atoms with Crippen LogP contribution in [0.4, 0.5) is 11.6 Å². The second kappa shape index (κ2) is 8.59. The molecule has 0 saturated heterocycles. The molecular formula is C16H13Cl3N6O3. The van der Waals surface area contributed by atoms with Gasteiger partial charge in [-0.2, -0.15) is 9.78 Å². The van der Waals surface area contributed by atoms with Crippen molar-refractivity contribution in [1.29, 1.82) is 0 Å². The van der Waals surface area contributed by atoms with Crippen LogP contribution >= 0.6 is 34.8 Å². The van der Waals surface area contributed by atoms with Crippen molar-refractivity contribution in [1.82, 2.24) is 19.6 Å². The van der Waals surface area contributed by atoms with Gasteiger partial charge in [0.1, 0.15) is 5.02 Å². The molecule has 3 aromatic rings. The van der Waals surface area contributed by atoms with E-state index in [9.17, 15) is 14.9 Å². The lowest BCUT2D eigenvalue weighted by Crippen LogP contribution is -2.15. The number of nitro groups is 1. The Labute approximate surface area is 173 Å². The van der Waals surface area contributed by atoms with Crippen molar-refractivity contribution in [2.45, 2.75) is 19.5 Å². The first kappa shape index (κ1) is 20.1. The molecule has 146 valence electrons. The zero-order chi connectivity index (χ0) is 20.3. The third-order valence-electron chi connectivity index (χ3n) is 3.69. The smallest absolute Gasteiger partial charge is 0.358 e. The van der Waals surface area contributed by atoms with Crippen molar-refractivity contribution in [3.8, 4) is 0 Å². The van der Waals surface area contributed by atoms with Gasteiger partial charge in [-0.05, 0) is 22.6 Å². The van der Waals surface area contributed by atoms with Crippen LogP contribution in [0.15, 0.2) is 36.7 Å². The number of aromatic nitrogens is 4. The van der Waals surface area contributed by atoms with Crippen LogP contribution in [-0.2, 0) is 17.9 Å². The first-order chi connectivity index (χ1) is 13.3. The average molecular weight is 444 g/mol. The van der Waals surface area contributed by atoms with Crippen LogP contribution in [0.2, 0.25) is 15.1 Å². The standard InChI is InChI=1S/C16H13Cl3N6O3/c17-11-2-1-10(7-12(11)18)8-24-9-13(19)16(22-24)20-15(26)4-6-23-5-3-14(21-23)25(27)28/h1-3,5,7,9H,4,6,8H2,(H,20,22,26). The molecule has 1 amide bonds. The second-order valence-corrected chi connectivity index (χ2v) is 6.99. The maximum atomic E-state index is 12.1. The Kier molecular flexibility index (Phi) is 6.18. The number of nitrogens with one attached hydrogen (secondary N) is 1. The minimum atomic E-state index is -0.600. The van der Waals surface area contributed by atoms with Gasteiger partial charge in [-0.3, -0.25) is 9.48 Å². The molecule has 0 atom stereocenters. The number of halogens is 3. The summed E-state index contributed by atoms with van der Waals surface area (Å²) in [6, 6.07) is 6.48. The molecule has 0 bridgehead atoms.